The van der Waals surface area contributed by atoms with Gasteiger partial charge < -0.3 is 0 Å². The Balaban J connectivity index is 1.04. The van der Waals surface area contributed by atoms with Crippen LogP contribution in [0.15, 0.2) is 231 Å². The predicted octanol–water partition coefficient (Wildman–Crippen LogP) is 16.3. The van der Waals surface area contributed by atoms with Gasteiger partial charge in [0.25, 0.3) is 0 Å². The molecule has 0 aliphatic carbocycles. The van der Waals surface area contributed by atoms with Gasteiger partial charge in [0.15, 0.2) is 0 Å². The summed E-state index contributed by atoms with van der Waals surface area (Å²) in [6.45, 7) is 0. The molecule has 0 saturated carbocycles. The van der Waals surface area contributed by atoms with Crippen LogP contribution in [0.1, 0.15) is 0 Å². The highest BCUT2D eigenvalue weighted by molar-refractivity contribution is 6.21. The fourth-order valence-electron chi connectivity index (χ4n) is 8.92. The van der Waals surface area contributed by atoms with Crippen LogP contribution in [0.5, 0.6) is 0 Å². The zero-order chi connectivity index (χ0) is 38.4. The van der Waals surface area contributed by atoms with Crippen LogP contribution in [0.3, 0.4) is 0 Å². The number of hydrogen-bond acceptors (Lipinski definition) is 0. The summed E-state index contributed by atoms with van der Waals surface area (Å²) in [4.78, 5) is 0. The van der Waals surface area contributed by atoms with Gasteiger partial charge in [-0.15, -0.1) is 0 Å². The van der Waals surface area contributed by atoms with Gasteiger partial charge in [-0.3, -0.25) is 0 Å². The molecule has 0 radical (unpaired) electrons. The van der Waals surface area contributed by atoms with Crippen LogP contribution in [0.25, 0.3) is 110 Å². The highest BCUT2D eigenvalue weighted by Gasteiger charge is 2.17. The quantitative estimate of drug-likeness (QED) is 0.149. The zero-order valence-electron chi connectivity index (χ0n) is 31.9. The summed E-state index contributed by atoms with van der Waals surface area (Å²) in [7, 11) is 0. The lowest BCUT2D eigenvalue weighted by Gasteiger charge is -2.18. The van der Waals surface area contributed by atoms with E-state index in [4.69, 9.17) is 0 Å². The van der Waals surface area contributed by atoms with Crippen LogP contribution in [0, 0.1) is 0 Å². The molecule has 0 heterocycles. The standard InChI is InChI=1S/C58H38/c1-3-13-39(14-4-1)50-36-51(40-15-5-2-6-16-40)38-52(37-50)47-31-26-43-27-32-48(35-49(43)34-47)58-55-21-11-9-19-53(55)57(54-20-10-12-22-56(54)58)44-28-23-42(24-29-44)46-30-25-41-17-7-8-18-45(41)33-46/h1-38H. The van der Waals surface area contributed by atoms with Crippen molar-refractivity contribution in [2.45, 2.75) is 0 Å². The van der Waals surface area contributed by atoms with Gasteiger partial charge in [-0.1, -0.05) is 194 Å². The van der Waals surface area contributed by atoms with Crippen molar-refractivity contribution in [3.8, 4) is 66.8 Å². The van der Waals surface area contributed by atoms with Crippen molar-refractivity contribution in [2.75, 3.05) is 0 Å². The number of fused-ring (bicyclic) bond motifs is 4. The average Bonchev–Trinajstić information content (AvgIpc) is 3.30. The summed E-state index contributed by atoms with van der Waals surface area (Å²) >= 11 is 0. The lowest BCUT2D eigenvalue weighted by molar-refractivity contribution is 1.57. The molecule has 58 heavy (non-hydrogen) atoms. The molecular weight excluding hydrogens is 697 g/mol. The zero-order valence-corrected chi connectivity index (χ0v) is 31.9. The molecular formula is C58H38. The van der Waals surface area contributed by atoms with Crippen LogP contribution in [-0.4, -0.2) is 0 Å². The van der Waals surface area contributed by atoms with Gasteiger partial charge in [0.1, 0.15) is 0 Å². The first kappa shape index (κ1) is 33.8. The highest BCUT2D eigenvalue weighted by atomic mass is 14.2. The van der Waals surface area contributed by atoms with Gasteiger partial charge in [-0.05, 0) is 146 Å². The lowest BCUT2D eigenvalue weighted by atomic mass is 9.85. The monoisotopic (exact) mass is 734 g/mol. The molecule has 0 heteroatoms. The molecule has 0 aliphatic rings. The molecule has 0 atom stereocenters. The number of benzene rings is 11. The fraction of sp³-hybridized carbons (Fsp3) is 0. The van der Waals surface area contributed by atoms with E-state index >= 15 is 0 Å². The summed E-state index contributed by atoms with van der Waals surface area (Å²) in [5.41, 5.74) is 14.7. The van der Waals surface area contributed by atoms with Crippen molar-refractivity contribution in [3.05, 3.63) is 231 Å². The van der Waals surface area contributed by atoms with Crippen LogP contribution >= 0.6 is 0 Å². The Labute approximate surface area is 339 Å². The summed E-state index contributed by atoms with van der Waals surface area (Å²) in [6.07, 6.45) is 0. The summed E-state index contributed by atoms with van der Waals surface area (Å²) in [5, 5.41) is 10.0. The third-order valence-electron chi connectivity index (χ3n) is 11.8. The van der Waals surface area contributed by atoms with E-state index in [0.29, 0.717) is 0 Å². The Kier molecular flexibility index (Phi) is 8.26. The Morgan fingerprint density at radius 2 is 0.483 bits per heavy atom. The smallest absolute Gasteiger partial charge is 0.00262 e. The molecule has 11 rings (SSSR count). The molecule has 0 amide bonds. The van der Waals surface area contributed by atoms with Crippen LogP contribution in [0.2, 0.25) is 0 Å². The minimum atomic E-state index is 1.21. The third-order valence-corrected chi connectivity index (χ3v) is 11.8. The Bertz CT molecular complexity index is 3190. The summed E-state index contributed by atoms with van der Waals surface area (Å²) in [5.74, 6) is 0. The van der Waals surface area contributed by atoms with E-state index in [1.807, 2.05) is 0 Å². The molecule has 0 fully saturated rings. The summed E-state index contributed by atoms with van der Waals surface area (Å²) in [6, 6.07) is 84.6. The minimum absolute atomic E-state index is 1.21. The van der Waals surface area contributed by atoms with Gasteiger partial charge >= 0.3 is 0 Å². The molecule has 0 aliphatic heterocycles. The second kappa shape index (κ2) is 14.2. The van der Waals surface area contributed by atoms with Crippen molar-refractivity contribution in [1.82, 2.24) is 0 Å². The molecule has 270 valence electrons. The third kappa shape index (κ3) is 6.04. The number of hydrogen-bond donors (Lipinski definition) is 0. The molecule has 11 aromatic carbocycles. The van der Waals surface area contributed by atoms with E-state index in [-0.39, 0.29) is 0 Å². The van der Waals surface area contributed by atoms with E-state index in [0.717, 1.165) is 0 Å². The van der Waals surface area contributed by atoms with Crippen molar-refractivity contribution in [3.63, 3.8) is 0 Å². The Hall–Kier alpha value is -7.54. The first-order chi connectivity index (χ1) is 28.7. The minimum Gasteiger partial charge on any atom is -0.0622 e. The normalized spacial score (nSPS) is 11.4. The highest BCUT2D eigenvalue weighted by Crippen LogP contribution is 2.45. The lowest BCUT2D eigenvalue weighted by Crippen LogP contribution is -1.91. The first-order valence-corrected chi connectivity index (χ1v) is 20.1. The molecule has 11 aromatic rings. The van der Waals surface area contributed by atoms with E-state index in [1.165, 1.54) is 110 Å². The van der Waals surface area contributed by atoms with E-state index in [9.17, 15) is 0 Å². The van der Waals surface area contributed by atoms with Crippen LogP contribution < -0.4 is 0 Å². The molecule has 0 saturated heterocycles. The molecule has 0 spiro atoms. The first-order valence-electron chi connectivity index (χ1n) is 20.1. The van der Waals surface area contributed by atoms with Crippen LogP contribution in [-0.2, 0) is 0 Å². The van der Waals surface area contributed by atoms with Crippen molar-refractivity contribution in [1.29, 1.82) is 0 Å². The van der Waals surface area contributed by atoms with E-state index in [1.54, 1.807) is 0 Å². The van der Waals surface area contributed by atoms with E-state index in [2.05, 4.69) is 231 Å². The van der Waals surface area contributed by atoms with Gasteiger partial charge in [0.2, 0.25) is 0 Å². The topological polar surface area (TPSA) is 0 Å². The maximum absolute atomic E-state index is 2.39. The Morgan fingerprint density at radius 1 is 0.155 bits per heavy atom. The largest absolute Gasteiger partial charge is 0.0622 e. The number of rotatable bonds is 6. The van der Waals surface area contributed by atoms with Crippen molar-refractivity contribution < 1.29 is 0 Å². The van der Waals surface area contributed by atoms with Gasteiger partial charge in [0, 0.05) is 0 Å². The van der Waals surface area contributed by atoms with Gasteiger partial charge in [0.05, 0.1) is 0 Å². The van der Waals surface area contributed by atoms with Gasteiger partial charge in [-0.2, -0.15) is 0 Å². The maximum atomic E-state index is 2.39. The second-order valence-electron chi connectivity index (χ2n) is 15.3. The molecule has 0 aromatic heterocycles. The van der Waals surface area contributed by atoms with E-state index < -0.39 is 0 Å². The fourth-order valence-corrected chi connectivity index (χ4v) is 8.92. The average molecular weight is 735 g/mol. The van der Waals surface area contributed by atoms with Crippen molar-refractivity contribution in [2.24, 2.45) is 0 Å². The second-order valence-corrected chi connectivity index (χ2v) is 15.3. The summed E-state index contributed by atoms with van der Waals surface area (Å²) < 4.78 is 0. The molecule has 0 bridgehead atoms. The molecule has 0 nitrogen and oxygen atoms in total. The maximum Gasteiger partial charge on any atom is -0.00262 e. The SMILES string of the molecule is c1ccc(-c2cc(-c3ccccc3)cc(-c3ccc4ccc(-c5c6ccccc6c(-c6ccc(-c7ccc8ccccc8c7)cc6)c6ccccc56)cc4c3)c2)cc1. The van der Waals surface area contributed by atoms with Crippen molar-refractivity contribution >= 4 is 43.1 Å². The molecule has 0 N–H and O–H groups in total. The molecule has 0 unspecified atom stereocenters. The van der Waals surface area contributed by atoms with Crippen LogP contribution in [0.4, 0.5) is 0 Å². The Morgan fingerprint density at radius 3 is 1.03 bits per heavy atom. The predicted molar refractivity (Wildman–Crippen MR) is 249 cm³/mol. The van der Waals surface area contributed by atoms with Gasteiger partial charge in [-0.25, -0.2) is 0 Å².